The van der Waals surface area contributed by atoms with Crippen LogP contribution in [0.1, 0.15) is 26.4 Å². The Hall–Kier alpha value is -3.19. The molecule has 1 aromatic heterocycles. The van der Waals surface area contributed by atoms with Crippen LogP contribution in [0.2, 0.25) is 5.02 Å². The lowest BCUT2D eigenvalue weighted by molar-refractivity contribution is -0.127. The molecule has 1 aliphatic heterocycles. The van der Waals surface area contributed by atoms with Crippen LogP contribution in [0.3, 0.4) is 0 Å². The fraction of sp³-hybridized carbons (Fsp3) is 0.227. The van der Waals surface area contributed by atoms with Gasteiger partial charge in [-0.3, -0.25) is 14.4 Å². The van der Waals surface area contributed by atoms with E-state index in [0.29, 0.717) is 16.6 Å². The molecule has 1 N–H and O–H groups in total. The van der Waals surface area contributed by atoms with Crippen molar-refractivity contribution in [2.45, 2.75) is 6.92 Å². The van der Waals surface area contributed by atoms with Gasteiger partial charge in [0.2, 0.25) is 0 Å². The number of para-hydroxylation sites is 1. The lowest BCUT2D eigenvalue weighted by Crippen LogP contribution is -2.52. The minimum atomic E-state index is -0.588. The molecule has 0 atom stereocenters. The number of halogens is 2. The molecule has 2 heterocycles. The summed E-state index contributed by atoms with van der Waals surface area (Å²) in [6.07, 6.45) is 0. The van der Waals surface area contributed by atoms with Crippen LogP contribution in [0.4, 0.5) is 4.39 Å². The molecule has 154 valence electrons. The normalized spacial score (nSPS) is 14.2. The lowest BCUT2D eigenvalue weighted by atomic mass is 10.1. The quantitative estimate of drug-likeness (QED) is 0.514. The van der Waals surface area contributed by atoms with Crippen LogP contribution in [0.25, 0.3) is 10.9 Å². The number of carbonyl (C=O) groups is 3. The highest BCUT2D eigenvalue weighted by Crippen LogP contribution is 2.24. The zero-order valence-electron chi connectivity index (χ0n) is 16.2. The second-order valence-corrected chi connectivity index (χ2v) is 7.62. The number of piperazine rings is 1. The number of aromatic nitrogens is 1. The van der Waals surface area contributed by atoms with Crippen molar-refractivity contribution in [1.29, 1.82) is 0 Å². The summed E-state index contributed by atoms with van der Waals surface area (Å²) in [5, 5.41) is 0.761. The average molecular weight is 428 g/mol. The summed E-state index contributed by atoms with van der Waals surface area (Å²) in [6.45, 7) is 2.76. The number of H-pyrrole nitrogens is 1. The molecule has 30 heavy (non-hydrogen) atoms. The molecule has 4 rings (SSSR count). The van der Waals surface area contributed by atoms with Gasteiger partial charge in [0, 0.05) is 42.8 Å². The number of Topliss-reactive ketones (excluding diaryl/α,β-unsaturated/α-hetero) is 1. The number of carbonyl (C=O) groups excluding carboxylic acids is 3. The maximum atomic E-state index is 13.2. The number of fused-ring (bicyclic) bond motifs is 1. The van der Waals surface area contributed by atoms with Crippen LogP contribution < -0.4 is 0 Å². The van der Waals surface area contributed by atoms with Crippen LogP contribution in [0.5, 0.6) is 0 Å². The standard InChI is InChI=1S/C22H19ClFN3O3/c1-13-19(16-4-2-3-5-18(16)25-13)20(28)22(30)27-10-8-26(9-11-27)21(29)15-7-6-14(24)12-17(15)23/h2-7,12,25H,8-11H2,1H3. The Balaban J connectivity index is 1.46. The third-order valence-corrected chi connectivity index (χ3v) is 5.64. The van der Waals surface area contributed by atoms with Crippen molar-refractivity contribution in [3.05, 3.63) is 70.1 Å². The van der Waals surface area contributed by atoms with Crippen molar-refractivity contribution in [2.75, 3.05) is 26.2 Å². The van der Waals surface area contributed by atoms with E-state index in [1.165, 1.54) is 17.0 Å². The van der Waals surface area contributed by atoms with Gasteiger partial charge in [-0.15, -0.1) is 0 Å². The van der Waals surface area contributed by atoms with Crippen molar-refractivity contribution in [1.82, 2.24) is 14.8 Å². The van der Waals surface area contributed by atoms with Crippen LogP contribution in [-0.4, -0.2) is 58.6 Å². The molecule has 0 bridgehead atoms. The Morgan fingerprint density at radius 2 is 1.67 bits per heavy atom. The van der Waals surface area contributed by atoms with E-state index in [-0.39, 0.29) is 42.7 Å². The van der Waals surface area contributed by atoms with Crippen molar-refractivity contribution in [2.24, 2.45) is 0 Å². The topological polar surface area (TPSA) is 73.5 Å². The largest absolute Gasteiger partial charge is 0.358 e. The van der Waals surface area contributed by atoms with Gasteiger partial charge in [0.1, 0.15) is 5.82 Å². The van der Waals surface area contributed by atoms with Gasteiger partial charge in [-0.1, -0.05) is 29.8 Å². The Morgan fingerprint density at radius 1 is 1.00 bits per heavy atom. The predicted molar refractivity (Wildman–Crippen MR) is 111 cm³/mol. The van der Waals surface area contributed by atoms with Gasteiger partial charge in [0.25, 0.3) is 17.6 Å². The summed E-state index contributed by atoms with van der Waals surface area (Å²) in [7, 11) is 0. The van der Waals surface area contributed by atoms with Crippen LogP contribution >= 0.6 is 11.6 Å². The van der Waals surface area contributed by atoms with E-state index in [1.807, 2.05) is 24.3 Å². The molecule has 0 spiro atoms. The summed E-state index contributed by atoms with van der Waals surface area (Å²) in [5.74, 6) is -2.00. The number of aryl methyl sites for hydroxylation is 1. The van der Waals surface area contributed by atoms with Gasteiger partial charge < -0.3 is 14.8 Å². The number of hydrogen-bond donors (Lipinski definition) is 1. The number of benzene rings is 2. The first-order valence-electron chi connectivity index (χ1n) is 9.52. The summed E-state index contributed by atoms with van der Waals surface area (Å²) in [6, 6.07) is 11.0. The van der Waals surface area contributed by atoms with Crippen molar-refractivity contribution in [3.8, 4) is 0 Å². The molecule has 1 fully saturated rings. The highest BCUT2D eigenvalue weighted by Gasteiger charge is 2.31. The first kappa shape index (κ1) is 20.1. The molecule has 0 radical (unpaired) electrons. The molecule has 1 aliphatic rings. The second kappa shape index (κ2) is 7.91. The average Bonchev–Trinajstić information content (AvgIpc) is 3.08. The molecule has 0 saturated carbocycles. The number of nitrogens with zero attached hydrogens (tertiary/aromatic N) is 2. The fourth-order valence-electron chi connectivity index (χ4n) is 3.77. The number of amides is 2. The first-order chi connectivity index (χ1) is 14.4. The molecular formula is C22H19ClFN3O3. The SMILES string of the molecule is Cc1[nH]c2ccccc2c1C(=O)C(=O)N1CCN(C(=O)c2ccc(F)cc2Cl)CC1. The van der Waals surface area contributed by atoms with Crippen LogP contribution in [0, 0.1) is 12.7 Å². The Labute approximate surface area is 177 Å². The number of nitrogens with one attached hydrogen (secondary N) is 1. The zero-order valence-corrected chi connectivity index (χ0v) is 17.0. The van der Waals surface area contributed by atoms with Gasteiger partial charge in [-0.2, -0.15) is 0 Å². The molecular weight excluding hydrogens is 409 g/mol. The Morgan fingerprint density at radius 3 is 2.37 bits per heavy atom. The van der Waals surface area contributed by atoms with Gasteiger partial charge in [0.05, 0.1) is 16.1 Å². The van der Waals surface area contributed by atoms with Crippen LogP contribution in [-0.2, 0) is 4.79 Å². The van der Waals surface area contributed by atoms with E-state index in [9.17, 15) is 18.8 Å². The molecule has 3 aromatic rings. The summed E-state index contributed by atoms with van der Waals surface area (Å²) in [5.41, 5.74) is 2.04. The molecule has 6 nitrogen and oxygen atoms in total. The van der Waals surface area contributed by atoms with Gasteiger partial charge >= 0.3 is 0 Å². The fourth-order valence-corrected chi connectivity index (χ4v) is 4.01. The van der Waals surface area contributed by atoms with Crippen molar-refractivity contribution in [3.63, 3.8) is 0 Å². The molecule has 2 amide bonds. The Kier molecular flexibility index (Phi) is 5.30. The minimum absolute atomic E-state index is 0.0449. The highest BCUT2D eigenvalue weighted by atomic mass is 35.5. The van der Waals surface area contributed by atoms with E-state index in [4.69, 9.17) is 11.6 Å². The number of hydrogen-bond acceptors (Lipinski definition) is 3. The monoisotopic (exact) mass is 427 g/mol. The molecule has 1 saturated heterocycles. The lowest BCUT2D eigenvalue weighted by Gasteiger charge is -2.34. The predicted octanol–water partition coefficient (Wildman–Crippen LogP) is 3.44. The molecule has 0 aliphatic carbocycles. The van der Waals surface area contributed by atoms with E-state index < -0.39 is 17.5 Å². The van der Waals surface area contributed by atoms with Gasteiger partial charge in [-0.05, 0) is 31.2 Å². The zero-order chi connectivity index (χ0) is 21.4. The van der Waals surface area contributed by atoms with Gasteiger partial charge in [0.15, 0.2) is 0 Å². The number of aromatic amines is 1. The first-order valence-corrected chi connectivity index (χ1v) is 9.90. The third kappa shape index (κ3) is 3.57. The Bertz CT molecular complexity index is 1170. The smallest absolute Gasteiger partial charge is 0.295 e. The molecule has 8 heteroatoms. The van der Waals surface area contributed by atoms with E-state index in [1.54, 1.807) is 11.8 Å². The maximum absolute atomic E-state index is 13.2. The second-order valence-electron chi connectivity index (χ2n) is 7.21. The summed E-state index contributed by atoms with van der Waals surface area (Å²) >= 11 is 5.98. The highest BCUT2D eigenvalue weighted by molar-refractivity contribution is 6.45. The van der Waals surface area contributed by atoms with E-state index in [2.05, 4.69) is 4.98 Å². The van der Waals surface area contributed by atoms with E-state index >= 15 is 0 Å². The van der Waals surface area contributed by atoms with Gasteiger partial charge in [-0.25, -0.2) is 4.39 Å². The minimum Gasteiger partial charge on any atom is -0.358 e. The summed E-state index contributed by atoms with van der Waals surface area (Å²) < 4.78 is 13.2. The van der Waals surface area contributed by atoms with Crippen LogP contribution in [0.15, 0.2) is 42.5 Å². The molecule has 0 unspecified atom stereocenters. The van der Waals surface area contributed by atoms with E-state index in [0.717, 1.165) is 11.6 Å². The molecule has 2 aromatic carbocycles. The number of ketones is 1. The number of rotatable bonds is 3. The van der Waals surface area contributed by atoms with Crippen molar-refractivity contribution < 1.29 is 18.8 Å². The summed E-state index contributed by atoms with van der Waals surface area (Å²) in [4.78, 5) is 44.5. The maximum Gasteiger partial charge on any atom is 0.295 e. The van der Waals surface area contributed by atoms with Crippen molar-refractivity contribution >= 4 is 40.1 Å². The third-order valence-electron chi connectivity index (χ3n) is 5.33.